The summed E-state index contributed by atoms with van der Waals surface area (Å²) in [4.78, 5) is 11.2. The van der Waals surface area contributed by atoms with Crippen molar-refractivity contribution in [3.8, 4) is 0 Å². The van der Waals surface area contributed by atoms with Crippen LogP contribution in [0, 0.1) is 5.82 Å². The summed E-state index contributed by atoms with van der Waals surface area (Å²) >= 11 is 0. The van der Waals surface area contributed by atoms with Gasteiger partial charge in [-0.2, -0.15) is 0 Å². The predicted octanol–water partition coefficient (Wildman–Crippen LogP) is 1.68. The molecule has 1 atom stereocenters. The number of nitrogens with one attached hydrogen (secondary N) is 1. The van der Waals surface area contributed by atoms with Crippen molar-refractivity contribution >= 4 is 18.4 Å². The lowest BCUT2D eigenvalue weighted by molar-refractivity contribution is -0.143. The normalized spacial score (nSPS) is 11.4. The molecular formula is C10H13ClFNO2. The molecule has 0 aliphatic heterocycles. The first-order valence-corrected chi connectivity index (χ1v) is 4.19. The van der Waals surface area contributed by atoms with Crippen LogP contribution in [0.1, 0.15) is 11.6 Å². The quantitative estimate of drug-likeness (QED) is 0.808. The molecule has 0 bridgehead atoms. The van der Waals surface area contributed by atoms with Crippen LogP contribution in [0.3, 0.4) is 0 Å². The van der Waals surface area contributed by atoms with E-state index in [0.29, 0.717) is 5.56 Å². The summed E-state index contributed by atoms with van der Waals surface area (Å²) in [5.41, 5.74) is 0.681. The molecule has 0 aromatic heterocycles. The molecule has 0 saturated carbocycles. The molecule has 0 amide bonds. The Bertz CT molecular complexity index is 316. The highest BCUT2D eigenvalue weighted by Crippen LogP contribution is 2.14. The molecule has 5 heteroatoms. The predicted molar refractivity (Wildman–Crippen MR) is 57.5 cm³/mol. The van der Waals surface area contributed by atoms with Crippen molar-refractivity contribution in [3.05, 3.63) is 35.6 Å². The summed E-state index contributed by atoms with van der Waals surface area (Å²) in [6.07, 6.45) is 0. The zero-order valence-electron chi connectivity index (χ0n) is 8.49. The average Bonchev–Trinajstić information content (AvgIpc) is 2.21. The maximum Gasteiger partial charge on any atom is 0.327 e. The largest absolute Gasteiger partial charge is 0.468 e. The third-order valence-electron chi connectivity index (χ3n) is 1.93. The number of hydrogen-bond donors (Lipinski definition) is 1. The van der Waals surface area contributed by atoms with Crippen LogP contribution in [0.4, 0.5) is 4.39 Å². The van der Waals surface area contributed by atoms with Gasteiger partial charge in [0.15, 0.2) is 0 Å². The first kappa shape index (κ1) is 13.9. The molecular weight excluding hydrogens is 221 g/mol. The van der Waals surface area contributed by atoms with Crippen molar-refractivity contribution in [1.29, 1.82) is 0 Å². The SMILES string of the molecule is CNC(C(=O)OC)c1ccc(F)cc1.Cl. The molecule has 1 unspecified atom stereocenters. The van der Waals surface area contributed by atoms with E-state index in [0.717, 1.165) is 0 Å². The molecule has 0 radical (unpaired) electrons. The Morgan fingerprint density at radius 1 is 1.40 bits per heavy atom. The fraction of sp³-hybridized carbons (Fsp3) is 0.300. The molecule has 0 heterocycles. The van der Waals surface area contributed by atoms with Crippen LogP contribution >= 0.6 is 12.4 Å². The number of rotatable bonds is 3. The van der Waals surface area contributed by atoms with E-state index in [1.807, 2.05) is 0 Å². The highest BCUT2D eigenvalue weighted by molar-refractivity contribution is 5.85. The summed E-state index contributed by atoms with van der Waals surface area (Å²) in [6, 6.07) is 5.17. The molecule has 1 aromatic carbocycles. The number of halogens is 2. The van der Waals surface area contributed by atoms with Gasteiger partial charge in [-0.15, -0.1) is 12.4 Å². The molecule has 15 heavy (non-hydrogen) atoms. The lowest BCUT2D eigenvalue weighted by Gasteiger charge is -2.13. The summed E-state index contributed by atoms with van der Waals surface area (Å²) in [5.74, 6) is -0.715. The van der Waals surface area contributed by atoms with Crippen LogP contribution < -0.4 is 5.32 Å². The molecule has 0 aliphatic carbocycles. The van der Waals surface area contributed by atoms with Crippen LogP contribution in [-0.2, 0) is 9.53 Å². The Hall–Kier alpha value is -1.13. The zero-order valence-corrected chi connectivity index (χ0v) is 9.31. The Morgan fingerprint density at radius 2 is 1.93 bits per heavy atom. The third kappa shape index (κ3) is 3.49. The van der Waals surface area contributed by atoms with E-state index >= 15 is 0 Å². The van der Waals surface area contributed by atoms with Gasteiger partial charge >= 0.3 is 5.97 Å². The highest BCUT2D eigenvalue weighted by atomic mass is 35.5. The van der Waals surface area contributed by atoms with Gasteiger partial charge in [-0.25, -0.2) is 9.18 Å². The first-order valence-electron chi connectivity index (χ1n) is 4.19. The van der Waals surface area contributed by atoms with Gasteiger partial charge in [-0.05, 0) is 24.7 Å². The molecule has 0 aliphatic rings. The summed E-state index contributed by atoms with van der Waals surface area (Å²) in [6.45, 7) is 0. The van der Waals surface area contributed by atoms with Gasteiger partial charge in [0.25, 0.3) is 0 Å². The van der Waals surface area contributed by atoms with Crippen molar-refractivity contribution in [2.75, 3.05) is 14.2 Å². The second-order valence-corrected chi connectivity index (χ2v) is 2.80. The lowest BCUT2D eigenvalue weighted by atomic mass is 10.1. The zero-order chi connectivity index (χ0) is 10.6. The van der Waals surface area contributed by atoms with Gasteiger partial charge in [0.2, 0.25) is 0 Å². The van der Waals surface area contributed by atoms with Gasteiger partial charge in [0.05, 0.1) is 7.11 Å². The molecule has 1 rings (SSSR count). The van der Waals surface area contributed by atoms with E-state index in [-0.39, 0.29) is 24.2 Å². The van der Waals surface area contributed by atoms with Crippen molar-refractivity contribution in [2.24, 2.45) is 0 Å². The van der Waals surface area contributed by atoms with E-state index in [1.54, 1.807) is 19.2 Å². The van der Waals surface area contributed by atoms with Crippen LogP contribution in [-0.4, -0.2) is 20.1 Å². The Labute approximate surface area is 94.0 Å². The number of carbonyl (C=O) groups is 1. The smallest absolute Gasteiger partial charge is 0.327 e. The molecule has 84 valence electrons. The topological polar surface area (TPSA) is 38.3 Å². The minimum atomic E-state index is -0.541. The van der Waals surface area contributed by atoms with Gasteiger partial charge in [-0.1, -0.05) is 12.1 Å². The maximum absolute atomic E-state index is 12.6. The summed E-state index contributed by atoms with van der Waals surface area (Å²) in [7, 11) is 2.96. The number of hydrogen-bond acceptors (Lipinski definition) is 3. The third-order valence-corrected chi connectivity index (χ3v) is 1.93. The second kappa shape index (κ2) is 6.37. The van der Waals surface area contributed by atoms with E-state index in [2.05, 4.69) is 10.1 Å². The van der Waals surface area contributed by atoms with Crippen molar-refractivity contribution in [1.82, 2.24) is 5.32 Å². The molecule has 1 N–H and O–H groups in total. The second-order valence-electron chi connectivity index (χ2n) is 2.80. The Balaban J connectivity index is 0.00000196. The minimum Gasteiger partial charge on any atom is -0.468 e. The number of carbonyl (C=O) groups excluding carboxylic acids is 1. The van der Waals surface area contributed by atoms with Gasteiger partial charge in [-0.3, -0.25) is 0 Å². The first-order chi connectivity index (χ1) is 6.69. The van der Waals surface area contributed by atoms with E-state index < -0.39 is 6.04 Å². The van der Waals surface area contributed by atoms with Crippen LogP contribution in [0.15, 0.2) is 24.3 Å². The molecule has 3 nitrogen and oxygen atoms in total. The number of methoxy groups -OCH3 is 1. The van der Waals surface area contributed by atoms with E-state index in [4.69, 9.17) is 0 Å². The summed E-state index contributed by atoms with van der Waals surface area (Å²) in [5, 5.41) is 2.79. The van der Waals surface area contributed by atoms with Gasteiger partial charge in [0, 0.05) is 0 Å². The van der Waals surface area contributed by atoms with E-state index in [1.165, 1.54) is 19.2 Å². The standard InChI is InChI=1S/C10H12FNO2.ClH/c1-12-9(10(13)14-2)7-3-5-8(11)6-4-7;/h3-6,9,12H,1-2H3;1H. The number of likely N-dealkylation sites (N-methyl/N-ethyl adjacent to an activating group) is 1. The van der Waals surface area contributed by atoms with Crippen molar-refractivity contribution < 1.29 is 13.9 Å². The average molecular weight is 234 g/mol. The van der Waals surface area contributed by atoms with Gasteiger partial charge < -0.3 is 10.1 Å². The van der Waals surface area contributed by atoms with E-state index in [9.17, 15) is 9.18 Å². The maximum atomic E-state index is 12.6. The molecule has 1 aromatic rings. The van der Waals surface area contributed by atoms with Crippen LogP contribution in [0.5, 0.6) is 0 Å². The highest BCUT2D eigenvalue weighted by Gasteiger charge is 2.18. The Kier molecular flexibility index (Phi) is 5.89. The fourth-order valence-electron chi connectivity index (χ4n) is 1.19. The monoisotopic (exact) mass is 233 g/mol. The molecule has 0 saturated heterocycles. The fourth-order valence-corrected chi connectivity index (χ4v) is 1.19. The van der Waals surface area contributed by atoms with Crippen LogP contribution in [0.25, 0.3) is 0 Å². The van der Waals surface area contributed by atoms with Crippen molar-refractivity contribution in [3.63, 3.8) is 0 Å². The van der Waals surface area contributed by atoms with Crippen LogP contribution in [0.2, 0.25) is 0 Å². The summed E-state index contributed by atoms with van der Waals surface area (Å²) < 4.78 is 17.2. The number of ether oxygens (including phenoxy) is 1. The number of benzene rings is 1. The Morgan fingerprint density at radius 3 is 2.33 bits per heavy atom. The van der Waals surface area contributed by atoms with Crippen molar-refractivity contribution in [2.45, 2.75) is 6.04 Å². The molecule has 0 spiro atoms. The minimum absolute atomic E-state index is 0. The number of esters is 1. The van der Waals surface area contributed by atoms with Gasteiger partial charge in [0.1, 0.15) is 11.9 Å². The lowest BCUT2D eigenvalue weighted by Crippen LogP contribution is -2.26. The molecule has 0 fully saturated rings.